The van der Waals surface area contributed by atoms with Crippen molar-refractivity contribution in [2.45, 2.75) is 33.4 Å². The lowest BCUT2D eigenvalue weighted by Gasteiger charge is -2.19. The monoisotopic (exact) mass is 517 g/mol. The smallest absolute Gasteiger partial charge is 0.192 e. The Bertz CT molecular complexity index is 818. The average Bonchev–Trinajstić information content (AvgIpc) is 2.68. The Morgan fingerprint density at radius 2 is 1.93 bits per heavy atom. The first-order valence-corrected chi connectivity index (χ1v) is 9.31. The number of phenols is 1. The van der Waals surface area contributed by atoms with E-state index >= 15 is 0 Å². The number of nitrogens with one attached hydrogen (secondary N) is 2. The fourth-order valence-corrected chi connectivity index (χ4v) is 2.66. The second kappa shape index (κ2) is 12.4. The molecule has 1 atom stereocenters. The molecule has 2 rings (SSSR count). The van der Waals surface area contributed by atoms with Crippen molar-refractivity contribution >= 4 is 29.9 Å². The molecule has 29 heavy (non-hydrogen) atoms. The van der Waals surface area contributed by atoms with E-state index in [1.54, 1.807) is 24.3 Å². The van der Waals surface area contributed by atoms with Gasteiger partial charge < -0.3 is 25.2 Å². The highest BCUT2D eigenvalue weighted by Crippen LogP contribution is 2.27. The molecule has 3 N–H and O–H groups in total. The van der Waals surface area contributed by atoms with E-state index in [1.807, 2.05) is 26.8 Å². The number of rotatable bonds is 8. The van der Waals surface area contributed by atoms with E-state index in [1.165, 1.54) is 13.2 Å². The first-order chi connectivity index (χ1) is 13.5. The molecule has 0 amide bonds. The van der Waals surface area contributed by atoms with Crippen LogP contribution in [0.1, 0.15) is 37.9 Å². The maximum Gasteiger partial charge on any atom is 0.192 e. The highest BCUT2D eigenvalue weighted by Gasteiger charge is 2.11. The first kappa shape index (κ1) is 24.8. The number of guanidine groups is 1. The molecule has 0 aliphatic rings. The van der Waals surface area contributed by atoms with Gasteiger partial charge in [-0.3, -0.25) is 0 Å². The number of halogens is 2. The molecule has 0 aliphatic carbocycles. The van der Waals surface area contributed by atoms with Gasteiger partial charge in [0, 0.05) is 6.54 Å². The minimum Gasteiger partial charge on any atom is -0.504 e. The number of phenolic OH excluding ortho intramolecular Hbond substituents is 1. The normalized spacial score (nSPS) is 12.0. The number of hydrogen-bond donors (Lipinski definition) is 3. The molecule has 2 aromatic rings. The fraction of sp³-hybridized carbons (Fsp3) is 0.381. The van der Waals surface area contributed by atoms with Gasteiger partial charge in [-0.1, -0.05) is 12.1 Å². The summed E-state index contributed by atoms with van der Waals surface area (Å²) < 4.78 is 24.3. The van der Waals surface area contributed by atoms with Gasteiger partial charge in [-0.25, -0.2) is 9.38 Å². The fourth-order valence-electron chi connectivity index (χ4n) is 2.66. The summed E-state index contributed by atoms with van der Waals surface area (Å²) in [5.41, 5.74) is 1.69. The molecule has 0 aliphatic heterocycles. The Morgan fingerprint density at radius 1 is 1.17 bits per heavy atom. The lowest BCUT2D eigenvalue weighted by atomic mass is 10.1. The molecule has 160 valence electrons. The van der Waals surface area contributed by atoms with Gasteiger partial charge in [-0.2, -0.15) is 0 Å². The summed E-state index contributed by atoms with van der Waals surface area (Å²) in [5.74, 6) is 0.972. The van der Waals surface area contributed by atoms with Gasteiger partial charge in [0.05, 0.1) is 26.3 Å². The molecule has 0 saturated carbocycles. The van der Waals surface area contributed by atoms with Crippen LogP contribution in [0.15, 0.2) is 41.4 Å². The highest BCUT2D eigenvalue weighted by atomic mass is 127. The Morgan fingerprint density at radius 3 is 2.55 bits per heavy atom. The summed E-state index contributed by atoms with van der Waals surface area (Å²) in [6.07, 6.45) is 0. The standard InChI is InChI=1S/C21H28FN3O3.HI/c1-5-23-21(24-13-15-7-9-18(26)20(11-15)28-6-2)25-14(3)16-8-10-19(27-4)17(22)12-16;/h7-12,14,26H,5-6,13H2,1-4H3,(H2,23,24,25);1H. The molecule has 0 bridgehead atoms. The second-order valence-electron chi connectivity index (χ2n) is 6.19. The minimum absolute atomic E-state index is 0. The van der Waals surface area contributed by atoms with E-state index in [0.29, 0.717) is 31.4 Å². The van der Waals surface area contributed by atoms with E-state index in [0.717, 1.165) is 11.1 Å². The highest BCUT2D eigenvalue weighted by molar-refractivity contribution is 14.0. The van der Waals surface area contributed by atoms with Crippen molar-refractivity contribution < 1.29 is 19.0 Å². The van der Waals surface area contributed by atoms with Gasteiger partial charge in [0.25, 0.3) is 0 Å². The van der Waals surface area contributed by atoms with Crippen LogP contribution in [0.5, 0.6) is 17.2 Å². The second-order valence-corrected chi connectivity index (χ2v) is 6.19. The molecular weight excluding hydrogens is 488 g/mol. The molecule has 2 aromatic carbocycles. The Kier molecular flexibility index (Phi) is 10.6. The summed E-state index contributed by atoms with van der Waals surface area (Å²) in [6.45, 7) is 7.33. The third-order valence-electron chi connectivity index (χ3n) is 4.12. The average molecular weight is 517 g/mol. The molecule has 6 nitrogen and oxygen atoms in total. The maximum atomic E-state index is 14.0. The topological polar surface area (TPSA) is 75.1 Å². The molecule has 0 radical (unpaired) electrons. The van der Waals surface area contributed by atoms with E-state index in [-0.39, 0.29) is 41.5 Å². The molecule has 0 saturated heterocycles. The van der Waals surface area contributed by atoms with Gasteiger partial charge in [0.1, 0.15) is 0 Å². The molecule has 0 aromatic heterocycles. The molecule has 0 heterocycles. The lowest BCUT2D eigenvalue weighted by molar-refractivity contribution is 0.318. The van der Waals surface area contributed by atoms with E-state index in [4.69, 9.17) is 9.47 Å². The van der Waals surface area contributed by atoms with Crippen molar-refractivity contribution in [1.82, 2.24) is 10.6 Å². The summed E-state index contributed by atoms with van der Waals surface area (Å²) in [6, 6.07) is 9.89. The van der Waals surface area contributed by atoms with Crippen LogP contribution in [0.2, 0.25) is 0 Å². The lowest BCUT2D eigenvalue weighted by Crippen LogP contribution is -2.38. The van der Waals surface area contributed by atoms with Crippen LogP contribution in [0.4, 0.5) is 4.39 Å². The first-order valence-electron chi connectivity index (χ1n) is 9.31. The Labute approximate surface area is 188 Å². The summed E-state index contributed by atoms with van der Waals surface area (Å²) in [5, 5.41) is 16.3. The number of aliphatic imine (C=N–C) groups is 1. The number of nitrogens with zero attached hydrogens (tertiary/aromatic N) is 1. The van der Waals surface area contributed by atoms with Crippen molar-refractivity contribution in [3.8, 4) is 17.2 Å². The van der Waals surface area contributed by atoms with Crippen LogP contribution in [0, 0.1) is 5.82 Å². The molecule has 1 unspecified atom stereocenters. The number of aromatic hydroxyl groups is 1. The van der Waals surface area contributed by atoms with Crippen LogP contribution < -0.4 is 20.1 Å². The van der Waals surface area contributed by atoms with Crippen molar-refractivity contribution in [1.29, 1.82) is 0 Å². The van der Waals surface area contributed by atoms with Crippen molar-refractivity contribution in [2.24, 2.45) is 4.99 Å². The molecule has 0 spiro atoms. The van der Waals surface area contributed by atoms with Gasteiger partial charge >= 0.3 is 0 Å². The zero-order chi connectivity index (χ0) is 20.5. The zero-order valence-corrected chi connectivity index (χ0v) is 19.5. The van der Waals surface area contributed by atoms with Crippen LogP contribution >= 0.6 is 24.0 Å². The maximum absolute atomic E-state index is 14.0. The minimum atomic E-state index is -0.400. The Balaban J connectivity index is 0.00000420. The van der Waals surface area contributed by atoms with Gasteiger partial charge in [-0.05, 0) is 56.2 Å². The van der Waals surface area contributed by atoms with Crippen LogP contribution in [0.3, 0.4) is 0 Å². The van der Waals surface area contributed by atoms with Gasteiger partial charge in [-0.15, -0.1) is 24.0 Å². The van der Waals surface area contributed by atoms with Crippen molar-refractivity contribution in [3.63, 3.8) is 0 Å². The van der Waals surface area contributed by atoms with Crippen LogP contribution in [-0.2, 0) is 6.54 Å². The molecule has 8 heteroatoms. The predicted octanol–water partition coefficient (Wildman–Crippen LogP) is 4.37. The SMILES string of the molecule is CCNC(=NCc1ccc(O)c(OCC)c1)NC(C)c1ccc(OC)c(F)c1.I. The predicted molar refractivity (Wildman–Crippen MR) is 124 cm³/mol. The van der Waals surface area contributed by atoms with Gasteiger partial charge in [0.15, 0.2) is 29.0 Å². The van der Waals surface area contributed by atoms with Crippen molar-refractivity contribution in [3.05, 3.63) is 53.3 Å². The third kappa shape index (κ3) is 7.26. The number of hydrogen-bond acceptors (Lipinski definition) is 4. The molecule has 0 fully saturated rings. The Hall–Kier alpha value is -2.23. The van der Waals surface area contributed by atoms with E-state index < -0.39 is 5.82 Å². The largest absolute Gasteiger partial charge is 0.504 e. The van der Waals surface area contributed by atoms with E-state index in [2.05, 4.69) is 15.6 Å². The molecular formula is C21H29FIN3O3. The number of ether oxygens (including phenoxy) is 2. The number of benzene rings is 2. The van der Waals surface area contributed by atoms with Crippen LogP contribution in [-0.4, -0.2) is 31.3 Å². The summed E-state index contributed by atoms with van der Waals surface area (Å²) >= 11 is 0. The summed E-state index contributed by atoms with van der Waals surface area (Å²) in [4.78, 5) is 4.58. The zero-order valence-electron chi connectivity index (χ0n) is 17.2. The van der Waals surface area contributed by atoms with Crippen molar-refractivity contribution in [2.75, 3.05) is 20.3 Å². The van der Waals surface area contributed by atoms with E-state index in [9.17, 15) is 9.50 Å². The quantitative estimate of drug-likeness (QED) is 0.276. The summed E-state index contributed by atoms with van der Waals surface area (Å²) in [7, 11) is 1.44. The number of methoxy groups -OCH3 is 1. The van der Waals surface area contributed by atoms with Gasteiger partial charge in [0.2, 0.25) is 0 Å². The third-order valence-corrected chi connectivity index (χ3v) is 4.12. The van der Waals surface area contributed by atoms with Crippen LogP contribution in [0.25, 0.3) is 0 Å².